The number of aromatic nitrogens is 3. The number of benzene rings is 1. The van der Waals surface area contributed by atoms with E-state index in [9.17, 15) is 5.11 Å². The lowest BCUT2D eigenvalue weighted by atomic mass is 9.48. The quantitative estimate of drug-likeness (QED) is 0.719. The van der Waals surface area contributed by atoms with Gasteiger partial charge in [0.05, 0.1) is 0 Å². The molecule has 0 atom stereocenters. The van der Waals surface area contributed by atoms with Gasteiger partial charge in [-0.3, -0.25) is 0 Å². The van der Waals surface area contributed by atoms with Crippen LogP contribution < -0.4 is 0 Å². The second kappa shape index (κ2) is 6.26. The molecule has 0 bridgehead atoms. The smallest absolute Gasteiger partial charge is 0.138 e. The van der Waals surface area contributed by atoms with E-state index in [1.54, 1.807) is 4.80 Å². The summed E-state index contributed by atoms with van der Waals surface area (Å²) in [5.74, 6) is 0.264. The van der Waals surface area contributed by atoms with E-state index in [0.29, 0.717) is 0 Å². The highest BCUT2D eigenvalue weighted by atomic mass is 16.3. The number of allylic oxidation sites excluding steroid dienone is 3. The summed E-state index contributed by atoms with van der Waals surface area (Å²) in [5, 5.41) is 19.9. The summed E-state index contributed by atoms with van der Waals surface area (Å²) in [5.41, 5.74) is 2.52. The molecule has 1 N–H and O–H groups in total. The molecule has 0 amide bonds. The van der Waals surface area contributed by atoms with Crippen LogP contribution in [0.15, 0.2) is 42.2 Å². The van der Waals surface area contributed by atoms with E-state index in [1.165, 1.54) is 0 Å². The van der Waals surface area contributed by atoms with Gasteiger partial charge < -0.3 is 5.11 Å². The van der Waals surface area contributed by atoms with Crippen LogP contribution in [-0.2, 0) is 0 Å². The van der Waals surface area contributed by atoms with E-state index in [2.05, 4.69) is 57.8 Å². The number of rotatable bonds is 5. The molecule has 0 spiro atoms. The first-order valence-corrected chi connectivity index (χ1v) is 9.61. The van der Waals surface area contributed by atoms with Gasteiger partial charge in [0.1, 0.15) is 22.5 Å². The topological polar surface area (TPSA) is 50.9 Å². The van der Waals surface area contributed by atoms with Crippen molar-refractivity contribution in [1.82, 2.24) is 15.0 Å². The number of aliphatic hydroxyl groups excluding tert-OH is 1. The van der Waals surface area contributed by atoms with E-state index in [0.717, 1.165) is 36.0 Å². The number of hydrogen-bond acceptors (Lipinski definition) is 3. The van der Waals surface area contributed by atoms with Crippen molar-refractivity contribution in [3.8, 4) is 0 Å². The molecule has 0 aliphatic heterocycles. The Bertz CT molecular complexity index is 821. The molecule has 1 aliphatic carbocycles. The molecular formula is C22H31N3O. The molecule has 4 nitrogen and oxygen atoms in total. The minimum Gasteiger partial charge on any atom is -0.506 e. The number of fused-ring (bicyclic) bond motifs is 1. The third kappa shape index (κ3) is 2.67. The molecular weight excluding hydrogens is 322 g/mol. The largest absolute Gasteiger partial charge is 0.506 e. The maximum Gasteiger partial charge on any atom is 0.138 e. The summed E-state index contributed by atoms with van der Waals surface area (Å²) in [6, 6.07) is 7.82. The second-order valence-corrected chi connectivity index (χ2v) is 8.77. The van der Waals surface area contributed by atoms with Crippen molar-refractivity contribution in [3.63, 3.8) is 0 Å². The molecule has 0 saturated heterocycles. The Labute approximate surface area is 156 Å². The molecule has 1 aromatic carbocycles. The van der Waals surface area contributed by atoms with Crippen LogP contribution in [0, 0.1) is 16.2 Å². The Morgan fingerprint density at radius 3 is 1.96 bits per heavy atom. The first kappa shape index (κ1) is 18.7. The van der Waals surface area contributed by atoms with Crippen molar-refractivity contribution in [2.24, 2.45) is 16.2 Å². The maximum absolute atomic E-state index is 10.6. The normalized spacial score (nSPS) is 17.9. The fraction of sp³-hybridized carbons (Fsp3) is 0.545. The van der Waals surface area contributed by atoms with Gasteiger partial charge in [0.2, 0.25) is 0 Å². The van der Waals surface area contributed by atoms with Crippen LogP contribution in [0.25, 0.3) is 16.7 Å². The van der Waals surface area contributed by atoms with Gasteiger partial charge in [0.15, 0.2) is 0 Å². The van der Waals surface area contributed by atoms with Crippen molar-refractivity contribution < 1.29 is 5.11 Å². The predicted molar refractivity (Wildman–Crippen MR) is 108 cm³/mol. The van der Waals surface area contributed by atoms with E-state index < -0.39 is 0 Å². The monoisotopic (exact) mass is 353 g/mol. The Hall–Kier alpha value is -2.10. The molecule has 3 rings (SSSR count). The van der Waals surface area contributed by atoms with E-state index in [1.807, 2.05) is 30.3 Å². The van der Waals surface area contributed by atoms with Crippen LogP contribution in [0.3, 0.4) is 0 Å². The fourth-order valence-corrected chi connectivity index (χ4v) is 4.36. The Balaban J connectivity index is 2.14. The van der Waals surface area contributed by atoms with Crippen molar-refractivity contribution in [3.05, 3.63) is 42.2 Å². The van der Waals surface area contributed by atoms with Crippen LogP contribution in [0.5, 0.6) is 0 Å². The summed E-state index contributed by atoms with van der Waals surface area (Å²) in [6.07, 6.45) is 6.94. The van der Waals surface area contributed by atoms with Gasteiger partial charge in [0.25, 0.3) is 0 Å². The molecule has 2 aromatic rings. The van der Waals surface area contributed by atoms with Crippen LogP contribution >= 0.6 is 0 Å². The lowest BCUT2D eigenvalue weighted by Gasteiger charge is -2.56. The van der Waals surface area contributed by atoms with Crippen LogP contribution in [0.4, 0.5) is 0 Å². The van der Waals surface area contributed by atoms with Gasteiger partial charge in [-0.15, -0.1) is 10.2 Å². The van der Waals surface area contributed by atoms with Crippen molar-refractivity contribution in [1.29, 1.82) is 0 Å². The fourth-order valence-electron chi connectivity index (χ4n) is 4.36. The molecule has 1 aromatic heterocycles. The Morgan fingerprint density at radius 2 is 1.50 bits per heavy atom. The van der Waals surface area contributed by atoms with E-state index >= 15 is 0 Å². The van der Waals surface area contributed by atoms with Crippen LogP contribution in [-0.4, -0.2) is 20.1 Å². The average Bonchev–Trinajstić information content (AvgIpc) is 3.05. The molecule has 26 heavy (non-hydrogen) atoms. The number of nitrogens with zero attached hydrogens (tertiary/aromatic N) is 3. The first-order valence-electron chi connectivity index (χ1n) is 9.61. The molecule has 4 heteroatoms. The standard InChI is InChI=1S/C22H31N3O/c1-7-20(3,4)22(21(5,6)8-2)14-13-19(26)18(15-22)25-23-16-11-9-10-12-17(16)24-25/h9-14,26H,7-8,15H2,1-6H3. The Kier molecular flexibility index (Phi) is 4.50. The minimum absolute atomic E-state index is 0.0710. The highest BCUT2D eigenvalue weighted by Crippen LogP contribution is 2.61. The maximum atomic E-state index is 10.6. The molecule has 0 radical (unpaired) electrons. The zero-order valence-electron chi connectivity index (χ0n) is 16.9. The summed E-state index contributed by atoms with van der Waals surface area (Å²) >= 11 is 0. The lowest BCUT2D eigenvalue weighted by Crippen LogP contribution is -2.48. The minimum atomic E-state index is -0.0924. The van der Waals surface area contributed by atoms with E-state index in [4.69, 9.17) is 0 Å². The Morgan fingerprint density at radius 1 is 1.00 bits per heavy atom. The summed E-state index contributed by atoms with van der Waals surface area (Å²) < 4.78 is 0. The highest BCUT2D eigenvalue weighted by Gasteiger charge is 2.53. The molecule has 140 valence electrons. The molecule has 1 aliphatic rings. The van der Waals surface area contributed by atoms with Gasteiger partial charge >= 0.3 is 0 Å². The zero-order valence-corrected chi connectivity index (χ0v) is 16.9. The average molecular weight is 354 g/mol. The van der Waals surface area contributed by atoms with Gasteiger partial charge in [-0.25, -0.2) is 0 Å². The zero-order chi connectivity index (χ0) is 19.2. The second-order valence-electron chi connectivity index (χ2n) is 8.77. The van der Waals surface area contributed by atoms with E-state index in [-0.39, 0.29) is 22.0 Å². The lowest BCUT2D eigenvalue weighted by molar-refractivity contribution is -0.0121. The van der Waals surface area contributed by atoms with Gasteiger partial charge in [-0.05, 0) is 29.0 Å². The van der Waals surface area contributed by atoms with Crippen molar-refractivity contribution >= 4 is 16.7 Å². The van der Waals surface area contributed by atoms with Crippen LogP contribution in [0.1, 0.15) is 60.8 Å². The molecule has 0 saturated carbocycles. The molecule has 1 heterocycles. The summed E-state index contributed by atoms with van der Waals surface area (Å²) in [4.78, 5) is 1.63. The number of hydrogen-bond donors (Lipinski definition) is 1. The van der Waals surface area contributed by atoms with Crippen LogP contribution in [0.2, 0.25) is 0 Å². The molecule has 0 unspecified atom stereocenters. The summed E-state index contributed by atoms with van der Waals surface area (Å²) in [7, 11) is 0. The van der Waals surface area contributed by atoms with Gasteiger partial charge in [0, 0.05) is 11.8 Å². The predicted octanol–water partition coefficient (Wildman–Crippen LogP) is 5.98. The SMILES string of the molecule is CCC(C)(C)C1(C(C)(C)CC)C=CC(O)=C(n2nc3ccccc3n2)C1. The van der Waals surface area contributed by atoms with Crippen molar-refractivity contribution in [2.75, 3.05) is 0 Å². The number of aliphatic hydroxyl groups is 1. The third-order valence-corrected chi connectivity index (χ3v) is 6.98. The van der Waals surface area contributed by atoms with Gasteiger partial charge in [-0.1, -0.05) is 72.6 Å². The third-order valence-electron chi connectivity index (χ3n) is 6.98. The highest BCUT2D eigenvalue weighted by molar-refractivity contribution is 5.74. The van der Waals surface area contributed by atoms with Gasteiger partial charge in [-0.2, -0.15) is 4.80 Å². The van der Waals surface area contributed by atoms with Crippen molar-refractivity contribution in [2.45, 2.75) is 60.8 Å². The summed E-state index contributed by atoms with van der Waals surface area (Å²) in [6.45, 7) is 13.8. The molecule has 0 fully saturated rings. The first-order chi connectivity index (χ1) is 12.2.